The van der Waals surface area contributed by atoms with Crippen LogP contribution in [-0.2, 0) is 5.41 Å². The Bertz CT molecular complexity index is 1280. The Hall–Kier alpha value is -2.72. The fourth-order valence-electron chi connectivity index (χ4n) is 5.30. The second-order valence-corrected chi connectivity index (χ2v) is 12.9. The predicted octanol–water partition coefficient (Wildman–Crippen LogP) is 6.42. The summed E-state index contributed by atoms with van der Waals surface area (Å²) in [5.74, 6) is 2.23. The number of hydrogen-bond donors (Lipinski definition) is 0. The summed E-state index contributed by atoms with van der Waals surface area (Å²) in [7, 11) is 1.97. The minimum atomic E-state index is -2.38. The maximum absolute atomic E-state index is 13.8. The van der Waals surface area contributed by atoms with Crippen molar-refractivity contribution in [2.45, 2.75) is 19.3 Å². The number of allylic oxidation sites excluding steroid dienone is 1. The van der Waals surface area contributed by atoms with Crippen LogP contribution in [0.4, 0.5) is 15.8 Å². The highest BCUT2D eigenvalue weighted by molar-refractivity contribution is 7.74. The fourth-order valence-corrected chi connectivity index (χ4v) is 8.96. The summed E-state index contributed by atoms with van der Waals surface area (Å²) in [4.78, 5) is 4.71. The molecule has 1 atom stereocenters. The third kappa shape index (κ3) is 4.38. The van der Waals surface area contributed by atoms with Crippen molar-refractivity contribution < 1.29 is 4.39 Å². The zero-order chi connectivity index (χ0) is 24.6. The average Bonchev–Trinajstić information content (AvgIpc) is 3.06. The highest BCUT2D eigenvalue weighted by Gasteiger charge is 2.41. The second kappa shape index (κ2) is 9.39. The van der Waals surface area contributed by atoms with Gasteiger partial charge in [0, 0.05) is 55.3 Å². The van der Waals surface area contributed by atoms with Gasteiger partial charge in [-0.2, -0.15) is 0 Å². The lowest BCUT2D eigenvalue weighted by atomic mass is 9.84. The molecule has 2 aliphatic rings. The summed E-state index contributed by atoms with van der Waals surface area (Å²) in [6.45, 7) is 8.48. The quantitative estimate of drug-likeness (QED) is 0.396. The SMILES string of the molecule is CN1CCN([P@](/C=C2\N(C)c3ccccc3C2(C)C)(=Nc2ccc(F)cc2)c2ccccc2)CC1. The number of piperazine rings is 1. The van der Waals surface area contributed by atoms with Crippen LogP contribution in [0.25, 0.3) is 0 Å². The number of fused-ring (bicyclic) bond motifs is 1. The topological polar surface area (TPSA) is 22.1 Å². The first-order valence-electron chi connectivity index (χ1n) is 12.2. The van der Waals surface area contributed by atoms with Crippen LogP contribution in [0.1, 0.15) is 19.4 Å². The second-order valence-electron chi connectivity index (χ2n) is 10.0. The lowest BCUT2D eigenvalue weighted by Gasteiger charge is -2.41. The number of halogens is 1. The molecule has 1 fully saturated rings. The molecule has 6 heteroatoms. The molecule has 0 aromatic heterocycles. The molecule has 4 nitrogen and oxygen atoms in total. The number of rotatable bonds is 4. The zero-order valence-corrected chi connectivity index (χ0v) is 21.9. The van der Waals surface area contributed by atoms with Gasteiger partial charge in [0.25, 0.3) is 0 Å². The molecule has 0 radical (unpaired) electrons. The van der Waals surface area contributed by atoms with Crippen LogP contribution in [0, 0.1) is 5.82 Å². The predicted molar refractivity (Wildman–Crippen MR) is 147 cm³/mol. The van der Waals surface area contributed by atoms with Crippen LogP contribution < -0.4 is 10.2 Å². The molecule has 2 heterocycles. The maximum atomic E-state index is 13.8. The summed E-state index contributed by atoms with van der Waals surface area (Å²) >= 11 is 0. The molecule has 0 spiro atoms. The molecule has 1 saturated heterocycles. The van der Waals surface area contributed by atoms with Crippen LogP contribution in [0.5, 0.6) is 0 Å². The van der Waals surface area contributed by atoms with Crippen molar-refractivity contribution in [2.75, 3.05) is 45.2 Å². The molecule has 0 saturated carbocycles. The molecule has 0 N–H and O–H groups in total. The summed E-state index contributed by atoms with van der Waals surface area (Å²) in [6.07, 6.45) is 0. The normalized spacial score (nSPS) is 21.1. The van der Waals surface area contributed by atoms with E-state index in [9.17, 15) is 4.39 Å². The van der Waals surface area contributed by atoms with E-state index in [0.717, 1.165) is 31.9 Å². The lowest BCUT2D eigenvalue weighted by molar-refractivity contribution is 0.229. The summed E-state index contributed by atoms with van der Waals surface area (Å²) < 4.78 is 21.9. The standard InChI is InChI=1S/C29H34FN4P/c1-29(2)26-12-8-9-13-27(26)33(4)28(29)22-35(25-10-6-5-7-11-25,34-20-18-32(3)19-21-34)31-24-16-14-23(30)15-17-24/h5-17,22H,18-21H2,1-4H3/b28-22-/t35-/m0/s1. The van der Waals surface area contributed by atoms with Crippen LogP contribution in [-0.4, -0.2) is 49.8 Å². The van der Waals surface area contributed by atoms with E-state index in [1.807, 2.05) is 0 Å². The lowest BCUT2D eigenvalue weighted by Crippen LogP contribution is -2.44. The molecular weight excluding hydrogens is 454 g/mol. The van der Waals surface area contributed by atoms with Crippen molar-refractivity contribution in [2.24, 2.45) is 4.74 Å². The van der Waals surface area contributed by atoms with Gasteiger partial charge in [-0.15, -0.1) is 0 Å². The smallest absolute Gasteiger partial charge is 0.123 e. The number of benzene rings is 3. The number of likely N-dealkylation sites (N-methyl/N-ethyl adjacent to an activating group) is 2. The Morgan fingerprint density at radius 1 is 0.829 bits per heavy atom. The van der Waals surface area contributed by atoms with E-state index in [1.54, 1.807) is 12.1 Å². The van der Waals surface area contributed by atoms with Gasteiger partial charge in [-0.1, -0.05) is 62.4 Å². The van der Waals surface area contributed by atoms with Gasteiger partial charge in [-0.3, -0.25) is 4.67 Å². The van der Waals surface area contributed by atoms with Crippen molar-refractivity contribution in [1.82, 2.24) is 9.57 Å². The van der Waals surface area contributed by atoms with Crippen LogP contribution in [0.15, 0.2) is 95.1 Å². The van der Waals surface area contributed by atoms with E-state index < -0.39 is 7.21 Å². The minimum absolute atomic E-state index is 0.156. The van der Waals surface area contributed by atoms with E-state index in [1.165, 1.54) is 34.4 Å². The third-order valence-corrected chi connectivity index (χ3v) is 10.8. The van der Waals surface area contributed by atoms with Gasteiger partial charge in [-0.05, 0) is 48.8 Å². The third-order valence-electron chi connectivity index (χ3n) is 7.38. The molecule has 0 bridgehead atoms. The number of hydrogen-bond acceptors (Lipinski definition) is 3. The van der Waals surface area contributed by atoms with Crippen LogP contribution in [0.3, 0.4) is 0 Å². The molecule has 0 amide bonds. The zero-order valence-electron chi connectivity index (χ0n) is 21.0. The molecule has 35 heavy (non-hydrogen) atoms. The Morgan fingerprint density at radius 2 is 1.46 bits per heavy atom. The van der Waals surface area contributed by atoms with E-state index in [0.29, 0.717) is 0 Å². The Kier molecular flexibility index (Phi) is 6.43. The highest BCUT2D eigenvalue weighted by Crippen LogP contribution is 2.60. The molecular formula is C29H34FN4P. The Labute approximate surface area is 208 Å². The van der Waals surface area contributed by atoms with Crippen molar-refractivity contribution >= 4 is 23.9 Å². The number of anilines is 1. The van der Waals surface area contributed by atoms with Gasteiger partial charge in [0.2, 0.25) is 0 Å². The van der Waals surface area contributed by atoms with E-state index in [2.05, 4.69) is 103 Å². The molecule has 0 aliphatic carbocycles. The van der Waals surface area contributed by atoms with Crippen LogP contribution in [0.2, 0.25) is 0 Å². The van der Waals surface area contributed by atoms with E-state index >= 15 is 0 Å². The first-order valence-corrected chi connectivity index (χ1v) is 14.0. The van der Waals surface area contributed by atoms with Gasteiger partial charge in [0.15, 0.2) is 0 Å². The van der Waals surface area contributed by atoms with Crippen LogP contribution >= 0.6 is 7.21 Å². The van der Waals surface area contributed by atoms with E-state index in [4.69, 9.17) is 4.74 Å². The van der Waals surface area contributed by atoms with Gasteiger partial charge >= 0.3 is 0 Å². The van der Waals surface area contributed by atoms with E-state index in [-0.39, 0.29) is 11.2 Å². The first kappa shape index (κ1) is 24.0. The van der Waals surface area contributed by atoms with Crippen molar-refractivity contribution in [3.05, 3.63) is 102 Å². The molecule has 5 rings (SSSR count). The number of nitrogens with zero attached hydrogens (tertiary/aromatic N) is 4. The van der Waals surface area contributed by atoms with Crippen molar-refractivity contribution in [3.8, 4) is 0 Å². The average molecular weight is 489 g/mol. The molecule has 2 aliphatic heterocycles. The summed E-state index contributed by atoms with van der Waals surface area (Å²) in [5.41, 5.74) is 4.50. The van der Waals surface area contributed by atoms with Gasteiger partial charge in [0.05, 0.1) is 12.9 Å². The monoisotopic (exact) mass is 488 g/mol. The highest BCUT2D eigenvalue weighted by atomic mass is 31.2. The number of para-hydroxylation sites is 1. The molecule has 3 aromatic rings. The summed E-state index contributed by atoms with van der Waals surface area (Å²) in [5, 5.41) is 1.22. The fraction of sp³-hybridized carbons (Fsp3) is 0.310. The van der Waals surface area contributed by atoms with Gasteiger partial charge < -0.3 is 9.80 Å². The first-order chi connectivity index (χ1) is 16.8. The summed E-state index contributed by atoms with van der Waals surface area (Å²) in [6, 6.07) is 26.0. The molecule has 0 unspecified atom stereocenters. The van der Waals surface area contributed by atoms with Gasteiger partial charge in [0.1, 0.15) is 5.82 Å². The van der Waals surface area contributed by atoms with Crippen molar-refractivity contribution in [3.63, 3.8) is 0 Å². The Balaban J connectivity index is 1.79. The van der Waals surface area contributed by atoms with Crippen molar-refractivity contribution in [1.29, 1.82) is 0 Å². The molecule has 3 aromatic carbocycles. The largest absolute Gasteiger partial charge is 0.347 e. The van der Waals surface area contributed by atoms with Gasteiger partial charge in [-0.25, -0.2) is 9.14 Å². The minimum Gasteiger partial charge on any atom is -0.347 e. The maximum Gasteiger partial charge on any atom is 0.123 e. The molecule has 182 valence electrons. The Morgan fingerprint density at radius 3 is 2.11 bits per heavy atom.